The fourth-order valence-electron chi connectivity index (χ4n) is 1.42. The van der Waals surface area contributed by atoms with Crippen molar-refractivity contribution in [3.05, 3.63) is 58.5 Å². The van der Waals surface area contributed by atoms with Crippen LogP contribution >= 0.6 is 11.6 Å². The summed E-state index contributed by atoms with van der Waals surface area (Å²) < 4.78 is 13.1. The van der Waals surface area contributed by atoms with Crippen molar-refractivity contribution in [1.82, 2.24) is 4.98 Å². The van der Waals surface area contributed by atoms with E-state index in [9.17, 15) is 9.18 Å². The third-order valence-electron chi connectivity index (χ3n) is 2.39. The zero-order chi connectivity index (χ0) is 13.1. The Balaban J connectivity index is 2.16. The molecule has 0 saturated carbocycles. The SMILES string of the molecule is Cc1cc(C(=O)Nc2ccc(Cl)cn2)ccc1F. The number of nitrogens with zero attached hydrogens (tertiary/aromatic N) is 1. The lowest BCUT2D eigenvalue weighted by atomic mass is 10.1. The molecule has 1 heterocycles. The molecule has 3 nitrogen and oxygen atoms in total. The topological polar surface area (TPSA) is 42.0 Å². The molecular weight excluding hydrogens is 255 g/mol. The van der Waals surface area contributed by atoms with Gasteiger partial charge in [-0.3, -0.25) is 4.79 Å². The van der Waals surface area contributed by atoms with Crippen molar-refractivity contribution in [1.29, 1.82) is 0 Å². The first kappa shape index (κ1) is 12.5. The molecule has 1 aromatic carbocycles. The van der Waals surface area contributed by atoms with Crippen LogP contribution in [0, 0.1) is 12.7 Å². The summed E-state index contributed by atoms with van der Waals surface area (Å²) in [5.74, 6) is -0.282. The van der Waals surface area contributed by atoms with E-state index in [2.05, 4.69) is 10.3 Å². The number of nitrogens with one attached hydrogen (secondary N) is 1. The van der Waals surface area contributed by atoms with Gasteiger partial charge in [0.25, 0.3) is 5.91 Å². The van der Waals surface area contributed by atoms with Crippen LogP contribution in [-0.4, -0.2) is 10.9 Å². The Morgan fingerprint density at radius 2 is 2.11 bits per heavy atom. The number of halogens is 2. The van der Waals surface area contributed by atoms with Gasteiger partial charge in [-0.1, -0.05) is 11.6 Å². The monoisotopic (exact) mass is 264 g/mol. The van der Waals surface area contributed by atoms with E-state index in [1.165, 1.54) is 24.4 Å². The number of anilines is 1. The molecule has 5 heteroatoms. The second-order valence-corrected chi connectivity index (χ2v) is 4.22. The number of pyridine rings is 1. The number of rotatable bonds is 2. The zero-order valence-corrected chi connectivity index (χ0v) is 10.3. The molecular formula is C13H10ClFN2O. The van der Waals surface area contributed by atoms with Crippen molar-refractivity contribution in [2.45, 2.75) is 6.92 Å². The highest BCUT2D eigenvalue weighted by Crippen LogP contribution is 2.13. The van der Waals surface area contributed by atoms with Crippen molar-refractivity contribution in [2.24, 2.45) is 0 Å². The van der Waals surface area contributed by atoms with Gasteiger partial charge in [0.2, 0.25) is 0 Å². The Kier molecular flexibility index (Phi) is 3.58. The van der Waals surface area contributed by atoms with Crippen LogP contribution in [0.5, 0.6) is 0 Å². The molecule has 2 rings (SSSR count). The van der Waals surface area contributed by atoms with Gasteiger partial charge in [-0.05, 0) is 42.8 Å². The highest BCUT2D eigenvalue weighted by Gasteiger charge is 2.08. The van der Waals surface area contributed by atoms with Gasteiger partial charge in [0, 0.05) is 11.8 Å². The van der Waals surface area contributed by atoms with E-state index >= 15 is 0 Å². The van der Waals surface area contributed by atoms with Crippen LogP contribution in [0.2, 0.25) is 5.02 Å². The van der Waals surface area contributed by atoms with Gasteiger partial charge in [-0.25, -0.2) is 9.37 Å². The van der Waals surface area contributed by atoms with E-state index < -0.39 is 0 Å². The Hall–Kier alpha value is -1.94. The van der Waals surface area contributed by atoms with Gasteiger partial charge >= 0.3 is 0 Å². The molecule has 0 saturated heterocycles. The molecule has 1 amide bonds. The van der Waals surface area contributed by atoms with Crippen molar-refractivity contribution in [2.75, 3.05) is 5.32 Å². The first-order valence-corrected chi connectivity index (χ1v) is 5.63. The summed E-state index contributed by atoms with van der Waals surface area (Å²) in [6, 6.07) is 7.39. The summed E-state index contributed by atoms with van der Waals surface area (Å²) in [6.07, 6.45) is 1.44. The largest absolute Gasteiger partial charge is 0.307 e. The summed E-state index contributed by atoms with van der Waals surface area (Å²) in [6.45, 7) is 1.60. The molecule has 2 aromatic rings. The number of carbonyl (C=O) groups is 1. The maximum atomic E-state index is 13.1. The molecule has 1 aromatic heterocycles. The van der Waals surface area contributed by atoms with Gasteiger partial charge in [-0.2, -0.15) is 0 Å². The van der Waals surface area contributed by atoms with Crippen molar-refractivity contribution in [3.63, 3.8) is 0 Å². The normalized spacial score (nSPS) is 10.2. The highest BCUT2D eigenvalue weighted by molar-refractivity contribution is 6.30. The fraction of sp³-hybridized carbons (Fsp3) is 0.0769. The van der Waals surface area contributed by atoms with Gasteiger partial charge in [-0.15, -0.1) is 0 Å². The second kappa shape index (κ2) is 5.14. The summed E-state index contributed by atoms with van der Waals surface area (Å²) >= 11 is 5.69. The third-order valence-corrected chi connectivity index (χ3v) is 2.61. The minimum absolute atomic E-state index is 0.337. The van der Waals surface area contributed by atoms with Crippen molar-refractivity contribution >= 4 is 23.3 Å². The smallest absolute Gasteiger partial charge is 0.256 e. The van der Waals surface area contributed by atoms with Gasteiger partial charge in [0.05, 0.1) is 5.02 Å². The maximum Gasteiger partial charge on any atom is 0.256 e. The number of benzene rings is 1. The number of amides is 1. The molecule has 0 fully saturated rings. The summed E-state index contributed by atoms with van der Waals surface area (Å²) in [7, 11) is 0. The Morgan fingerprint density at radius 1 is 1.33 bits per heavy atom. The number of aromatic nitrogens is 1. The molecule has 0 bridgehead atoms. The molecule has 92 valence electrons. The summed E-state index contributed by atoms with van der Waals surface area (Å²) in [5.41, 5.74) is 0.803. The average Bonchev–Trinajstić information content (AvgIpc) is 2.35. The molecule has 0 aliphatic heterocycles. The molecule has 0 atom stereocenters. The van der Waals surface area contributed by atoms with Gasteiger partial charge in [0.15, 0.2) is 0 Å². The van der Waals surface area contributed by atoms with E-state index in [0.717, 1.165) is 0 Å². The predicted molar refractivity (Wildman–Crippen MR) is 68.3 cm³/mol. The third kappa shape index (κ3) is 2.84. The highest BCUT2D eigenvalue weighted by atomic mass is 35.5. The molecule has 0 spiro atoms. The van der Waals surface area contributed by atoms with E-state index in [1.807, 2.05) is 0 Å². The minimum Gasteiger partial charge on any atom is -0.307 e. The van der Waals surface area contributed by atoms with E-state index in [-0.39, 0.29) is 11.7 Å². The average molecular weight is 265 g/mol. The lowest BCUT2D eigenvalue weighted by Gasteiger charge is -2.05. The van der Waals surface area contributed by atoms with E-state index in [0.29, 0.717) is 22.0 Å². The zero-order valence-electron chi connectivity index (χ0n) is 9.58. The molecule has 1 N–H and O–H groups in total. The number of hydrogen-bond donors (Lipinski definition) is 1. The Labute approximate surface area is 109 Å². The van der Waals surface area contributed by atoms with E-state index in [1.54, 1.807) is 19.1 Å². The lowest BCUT2D eigenvalue weighted by molar-refractivity contribution is 0.102. The molecule has 0 aliphatic carbocycles. The number of carbonyl (C=O) groups excluding carboxylic acids is 1. The first-order chi connectivity index (χ1) is 8.56. The van der Waals surface area contributed by atoms with Crippen LogP contribution in [0.25, 0.3) is 0 Å². The summed E-state index contributed by atoms with van der Waals surface area (Å²) in [5, 5.41) is 3.09. The summed E-state index contributed by atoms with van der Waals surface area (Å²) in [4.78, 5) is 15.8. The Morgan fingerprint density at radius 3 is 2.72 bits per heavy atom. The van der Waals surface area contributed by atoms with Gasteiger partial charge in [0.1, 0.15) is 11.6 Å². The number of hydrogen-bond acceptors (Lipinski definition) is 2. The molecule has 0 radical (unpaired) electrons. The first-order valence-electron chi connectivity index (χ1n) is 5.25. The van der Waals surface area contributed by atoms with Crippen LogP contribution in [0.3, 0.4) is 0 Å². The van der Waals surface area contributed by atoms with Crippen LogP contribution in [-0.2, 0) is 0 Å². The van der Waals surface area contributed by atoms with Crippen molar-refractivity contribution < 1.29 is 9.18 Å². The quantitative estimate of drug-likeness (QED) is 0.903. The lowest BCUT2D eigenvalue weighted by Crippen LogP contribution is -2.13. The Bertz CT molecular complexity index is 584. The second-order valence-electron chi connectivity index (χ2n) is 3.78. The maximum absolute atomic E-state index is 13.1. The minimum atomic E-state index is -0.340. The van der Waals surface area contributed by atoms with E-state index in [4.69, 9.17) is 11.6 Å². The van der Waals surface area contributed by atoms with Crippen LogP contribution in [0.4, 0.5) is 10.2 Å². The van der Waals surface area contributed by atoms with Crippen LogP contribution in [0.15, 0.2) is 36.5 Å². The molecule has 0 aliphatic rings. The molecule has 0 unspecified atom stereocenters. The van der Waals surface area contributed by atoms with Crippen molar-refractivity contribution in [3.8, 4) is 0 Å². The van der Waals surface area contributed by atoms with Crippen LogP contribution < -0.4 is 5.32 Å². The predicted octanol–water partition coefficient (Wildman–Crippen LogP) is 3.43. The molecule has 18 heavy (non-hydrogen) atoms. The number of aryl methyl sites for hydroxylation is 1. The standard InChI is InChI=1S/C13H10ClFN2O/c1-8-6-9(2-4-11(8)15)13(18)17-12-5-3-10(14)7-16-12/h2-7H,1H3,(H,16,17,18). The van der Waals surface area contributed by atoms with Gasteiger partial charge < -0.3 is 5.32 Å². The van der Waals surface area contributed by atoms with Crippen LogP contribution in [0.1, 0.15) is 15.9 Å². The fourth-order valence-corrected chi connectivity index (χ4v) is 1.54.